The van der Waals surface area contributed by atoms with E-state index in [1.54, 1.807) is 0 Å². The Kier molecular flexibility index (Phi) is 34.0. The van der Waals surface area contributed by atoms with E-state index in [1.807, 2.05) is 0 Å². The maximum absolute atomic E-state index is 9.10. The van der Waals surface area contributed by atoms with Crippen LogP contribution in [0.4, 0.5) is 0 Å². The Morgan fingerprint density at radius 3 is 1.11 bits per heavy atom. The van der Waals surface area contributed by atoms with E-state index in [0.717, 1.165) is 0 Å². The van der Waals surface area contributed by atoms with E-state index in [0.29, 0.717) is 0 Å². The van der Waals surface area contributed by atoms with E-state index in [9.17, 15) is 0 Å². The molecule has 0 saturated heterocycles. The van der Waals surface area contributed by atoms with Crippen molar-refractivity contribution >= 4 is 11.9 Å². The van der Waals surface area contributed by atoms with Crippen LogP contribution in [0.1, 0.15) is 0 Å². The van der Waals surface area contributed by atoms with Crippen LogP contribution >= 0.6 is 0 Å². The molecule has 76 valence electrons. The van der Waals surface area contributed by atoms with Crippen LogP contribution in [0.3, 0.4) is 0 Å². The largest absolute Gasteiger partial charge is 0.473 e. The molecule has 0 atom stereocenters. The van der Waals surface area contributed by atoms with Gasteiger partial charge in [-0.05, 0) is 0 Å². The average molecular weight is 607 g/mol. The molecule has 0 unspecified atom stereocenters. The van der Waals surface area contributed by atoms with Gasteiger partial charge in [0.05, 0.1) is 0 Å². The van der Waals surface area contributed by atoms with E-state index < -0.39 is 11.9 Å². The maximum atomic E-state index is 9.10. The zero-order valence-electron chi connectivity index (χ0n) is 3.51. The van der Waals surface area contributed by atoms with E-state index in [1.165, 1.54) is 0 Å². The molecule has 2 radical (unpaired) electrons. The smallest absolute Gasteiger partial charge is 0.414 e. The summed E-state index contributed by atoms with van der Waals surface area (Å²) in [5, 5.41) is 14.8. The van der Waals surface area contributed by atoms with Gasteiger partial charge in [0.25, 0.3) is 0 Å². The standard InChI is InChI=1S/C2H2O4.Lu.Tm.Yb/c3-1(4)2(5)6;;;/h(H,3,4)(H,5,6);;;. The third kappa shape index (κ3) is 18.1. The zero-order valence-corrected chi connectivity index (χ0v) is 8.66. The summed E-state index contributed by atoms with van der Waals surface area (Å²) in [6, 6.07) is 0. The second-order valence-corrected chi connectivity index (χ2v) is 0.610. The molecule has 0 spiro atoms. The number of rotatable bonds is 0. The molecular formula is C2H2LuO4TmYb. The maximum Gasteiger partial charge on any atom is 0.414 e. The Labute approximate surface area is 148 Å². The average Bonchev–Trinajstić information content (AvgIpc) is 1.36. The van der Waals surface area contributed by atoms with Crippen LogP contribution < -0.4 is 0 Å². The monoisotopic (exact) mass is 608 g/mol. The Morgan fingerprint density at radius 1 is 1.00 bits per heavy atom. The third-order valence-corrected chi connectivity index (χ3v) is 0.183. The molecule has 0 rings (SSSR count). The van der Waals surface area contributed by atoms with Gasteiger partial charge in [0, 0.05) is 121 Å². The van der Waals surface area contributed by atoms with Gasteiger partial charge >= 0.3 is 11.9 Å². The second kappa shape index (κ2) is 13.5. The first-order valence-corrected chi connectivity index (χ1v) is 1.11. The van der Waals surface area contributed by atoms with Gasteiger partial charge in [-0.25, -0.2) is 9.59 Å². The van der Waals surface area contributed by atoms with Crippen molar-refractivity contribution in [1.29, 1.82) is 0 Å². The third-order valence-electron chi connectivity index (χ3n) is 0.183. The van der Waals surface area contributed by atoms with Crippen LogP contribution in [0.5, 0.6) is 0 Å². The Hall–Kier alpha value is 2.93. The first-order valence-electron chi connectivity index (χ1n) is 1.11. The van der Waals surface area contributed by atoms with Crippen molar-refractivity contribution in [3.05, 3.63) is 0 Å². The Morgan fingerprint density at radius 2 is 1.11 bits per heavy atom. The van der Waals surface area contributed by atoms with Gasteiger partial charge in [-0.2, -0.15) is 0 Å². The van der Waals surface area contributed by atoms with Gasteiger partial charge in [0.1, 0.15) is 0 Å². The molecule has 0 aromatic carbocycles. The molecule has 0 bridgehead atoms. The number of carbonyl (C=O) groups is 2. The second-order valence-electron chi connectivity index (χ2n) is 0.610. The molecule has 9 heavy (non-hydrogen) atoms. The molecule has 7 heteroatoms. The normalized spacial score (nSPS) is 4.89. The van der Waals surface area contributed by atoms with Crippen molar-refractivity contribution in [2.24, 2.45) is 0 Å². The van der Waals surface area contributed by atoms with Gasteiger partial charge < -0.3 is 10.2 Å². The SMILES string of the molecule is O=C(O)C(=O)O.[Lu].[Tm].[Yb]. The van der Waals surface area contributed by atoms with Crippen molar-refractivity contribution in [2.75, 3.05) is 0 Å². The summed E-state index contributed by atoms with van der Waals surface area (Å²) in [4.78, 5) is 18.2. The minimum Gasteiger partial charge on any atom is -0.473 e. The first kappa shape index (κ1) is 22.7. The van der Waals surface area contributed by atoms with Crippen molar-refractivity contribution in [3.8, 4) is 0 Å². The van der Waals surface area contributed by atoms with Crippen molar-refractivity contribution in [3.63, 3.8) is 0 Å². The Bertz CT molecular complexity index is 84.6. The van der Waals surface area contributed by atoms with Crippen LogP contribution in [0, 0.1) is 121 Å². The minimum atomic E-state index is -1.82. The topological polar surface area (TPSA) is 74.6 Å². The summed E-state index contributed by atoms with van der Waals surface area (Å²) in [5.74, 6) is -3.65. The predicted molar refractivity (Wildman–Crippen MR) is 15.3 cm³/mol. The summed E-state index contributed by atoms with van der Waals surface area (Å²) in [6.45, 7) is 0. The molecule has 0 fully saturated rings. The van der Waals surface area contributed by atoms with Crippen LogP contribution in [0.15, 0.2) is 0 Å². The van der Waals surface area contributed by atoms with Crippen molar-refractivity contribution in [1.82, 2.24) is 0 Å². The molecule has 0 saturated carbocycles. The van der Waals surface area contributed by atoms with Crippen LogP contribution in [0.2, 0.25) is 0 Å². The molecule has 0 aliphatic rings. The summed E-state index contributed by atoms with van der Waals surface area (Å²) < 4.78 is 0. The first-order chi connectivity index (χ1) is 2.64. The molecular weight excluding hydrogens is 605 g/mol. The van der Waals surface area contributed by atoms with Gasteiger partial charge in [-0.1, -0.05) is 0 Å². The quantitative estimate of drug-likeness (QED) is 0.353. The van der Waals surface area contributed by atoms with Crippen LogP contribution in [-0.4, -0.2) is 22.2 Å². The van der Waals surface area contributed by atoms with Gasteiger partial charge in [0.15, 0.2) is 0 Å². The number of hydrogen-bond donors (Lipinski definition) is 2. The summed E-state index contributed by atoms with van der Waals surface area (Å²) in [6.07, 6.45) is 0. The molecule has 0 aromatic rings. The molecule has 0 amide bonds. The fourth-order valence-electron chi connectivity index (χ4n) is 0. The predicted octanol–water partition coefficient (Wildman–Crippen LogP) is -0.844. The fraction of sp³-hybridized carbons (Fsp3) is 0. The van der Waals surface area contributed by atoms with E-state index in [2.05, 4.69) is 0 Å². The molecule has 0 aromatic heterocycles. The number of aliphatic carboxylic acids is 2. The van der Waals surface area contributed by atoms with Gasteiger partial charge in [-0.3, -0.25) is 0 Å². The zero-order chi connectivity index (χ0) is 5.15. The minimum absolute atomic E-state index is 0. The van der Waals surface area contributed by atoms with Crippen molar-refractivity contribution in [2.45, 2.75) is 0 Å². The van der Waals surface area contributed by atoms with E-state index >= 15 is 0 Å². The molecule has 0 heterocycles. The number of hydrogen-bond acceptors (Lipinski definition) is 2. The van der Waals surface area contributed by atoms with E-state index in [-0.39, 0.29) is 121 Å². The van der Waals surface area contributed by atoms with Gasteiger partial charge in [0.2, 0.25) is 0 Å². The van der Waals surface area contributed by atoms with E-state index in [4.69, 9.17) is 19.8 Å². The molecule has 4 nitrogen and oxygen atoms in total. The number of carboxylic acid groups (broad SMARTS) is 2. The molecule has 2 N–H and O–H groups in total. The van der Waals surface area contributed by atoms with Crippen molar-refractivity contribution < 1.29 is 140 Å². The summed E-state index contributed by atoms with van der Waals surface area (Å²) in [7, 11) is 0. The molecule has 0 aliphatic carbocycles. The fourth-order valence-corrected chi connectivity index (χ4v) is 0. The van der Waals surface area contributed by atoms with Crippen LogP contribution in [-0.2, 0) is 9.59 Å². The number of carboxylic acids is 2. The molecule has 0 aliphatic heterocycles. The summed E-state index contributed by atoms with van der Waals surface area (Å²) >= 11 is 0. The van der Waals surface area contributed by atoms with Crippen LogP contribution in [0.25, 0.3) is 0 Å². The summed E-state index contributed by atoms with van der Waals surface area (Å²) in [5.41, 5.74) is 0. The van der Waals surface area contributed by atoms with Gasteiger partial charge in [-0.15, -0.1) is 0 Å². The Balaban J connectivity index is -0.0000000417.